The smallest absolute Gasteiger partial charge is 0.258 e. The summed E-state index contributed by atoms with van der Waals surface area (Å²) in [5.74, 6) is 0.0279. The standard InChI is InChI=1S/C22H25N3O2S/c1-4-16-9-7-10-17(5-2)21(16)23-19(26)13-25(22-24-20(27)14-28-22)18-11-6-8-15(3)12-18/h6-12H,4-5,13-14H2,1-3H3,(H,23,26). The van der Waals surface area contributed by atoms with Crippen molar-refractivity contribution in [2.45, 2.75) is 33.6 Å². The SMILES string of the molecule is CCc1cccc(CC)c1NC(=O)CN(C1=NC(=O)CS1)c1cccc(C)c1. The molecule has 0 fully saturated rings. The molecule has 1 N–H and O–H groups in total. The number of anilines is 2. The van der Waals surface area contributed by atoms with Gasteiger partial charge in [-0.2, -0.15) is 4.99 Å². The van der Waals surface area contributed by atoms with E-state index < -0.39 is 0 Å². The van der Waals surface area contributed by atoms with Crippen LogP contribution < -0.4 is 10.2 Å². The molecule has 0 atom stereocenters. The Morgan fingerprint density at radius 2 is 1.82 bits per heavy atom. The Bertz CT molecular complexity index is 901. The van der Waals surface area contributed by atoms with Crippen molar-refractivity contribution in [3.05, 3.63) is 59.2 Å². The quantitative estimate of drug-likeness (QED) is 0.796. The lowest BCUT2D eigenvalue weighted by Gasteiger charge is -2.24. The summed E-state index contributed by atoms with van der Waals surface area (Å²) in [6, 6.07) is 14.0. The van der Waals surface area contributed by atoms with Crippen molar-refractivity contribution in [1.82, 2.24) is 0 Å². The van der Waals surface area contributed by atoms with Gasteiger partial charge in [-0.25, -0.2) is 0 Å². The lowest BCUT2D eigenvalue weighted by molar-refractivity contribution is -0.116. The van der Waals surface area contributed by atoms with E-state index >= 15 is 0 Å². The molecule has 146 valence electrons. The number of hydrogen-bond donors (Lipinski definition) is 1. The van der Waals surface area contributed by atoms with Crippen LogP contribution in [0.5, 0.6) is 0 Å². The van der Waals surface area contributed by atoms with Crippen molar-refractivity contribution >= 4 is 40.1 Å². The Hall–Kier alpha value is -2.60. The summed E-state index contributed by atoms with van der Waals surface area (Å²) >= 11 is 1.37. The fourth-order valence-electron chi connectivity index (χ4n) is 3.23. The molecule has 0 aliphatic carbocycles. The largest absolute Gasteiger partial charge is 0.324 e. The summed E-state index contributed by atoms with van der Waals surface area (Å²) in [7, 11) is 0. The third kappa shape index (κ3) is 4.62. The van der Waals surface area contributed by atoms with E-state index in [-0.39, 0.29) is 18.4 Å². The van der Waals surface area contributed by atoms with Gasteiger partial charge in [0.1, 0.15) is 6.54 Å². The van der Waals surface area contributed by atoms with Gasteiger partial charge in [0.05, 0.1) is 5.75 Å². The minimum atomic E-state index is -0.164. The molecule has 2 aromatic carbocycles. The number of benzene rings is 2. The Balaban J connectivity index is 1.87. The molecular formula is C22H25N3O2S. The number of rotatable bonds is 6. The number of nitrogens with one attached hydrogen (secondary N) is 1. The van der Waals surface area contributed by atoms with E-state index in [0.717, 1.165) is 40.9 Å². The van der Waals surface area contributed by atoms with E-state index in [0.29, 0.717) is 10.9 Å². The van der Waals surface area contributed by atoms with Crippen LogP contribution in [0, 0.1) is 6.92 Å². The highest BCUT2D eigenvalue weighted by molar-refractivity contribution is 8.15. The molecule has 0 saturated heterocycles. The van der Waals surface area contributed by atoms with E-state index in [1.165, 1.54) is 11.8 Å². The molecule has 2 amide bonds. The van der Waals surface area contributed by atoms with Crippen molar-refractivity contribution in [3.8, 4) is 0 Å². The number of nitrogens with zero attached hydrogens (tertiary/aromatic N) is 2. The predicted molar refractivity (Wildman–Crippen MR) is 117 cm³/mol. The third-order valence-electron chi connectivity index (χ3n) is 4.65. The minimum absolute atomic E-state index is 0.101. The molecule has 0 aromatic heterocycles. The molecule has 0 radical (unpaired) electrons. The van der Waals surface area contributed by atoms with Gasteiger partial charge < -0.3 is 10.2 Å². The zero-order chi connectivity index (χ0) is 20.1. The van der Waals surface area contributed by atoms with Gasteiger partial charge in [-0.15, -0.1) is 0 Å². The number of carbonyl (C=O) groups is 2. The van der Waals surface area contributed by atoms with Crippen LogP contribution in [-0.4, -0.2) is 29.3 Å². The highest BCUT2D eigenvalue weighted by Crippen LogP contribution is 2.26. The summed E-state index contributed by atoms with van der Waals surface area (Å²) < 4.78 is 0. The van der Waals surface area contributed by atoms with Crippen LogP contribution in [0.25, 0.3) is 0 Å². The maximum atomic E-state index is 13.0. The van der Waals surface area contributed by atoms with Gasteiger partial charge in [0.25, 0.3) is 5.91 Å². The average molecular weight is 396 g/mol. The maximum absolute atomic E-state index is 13.0. The normalized spacial score (nSPS) is 13.4. The van der Waals surface area contributed by atoms with Crippen LogP contribution in [0.2, 0.25) is 0 Å². The van der Waals surface area contributed by atoms with E-state index in [1.807, 2.05) is 54.3 Å². The fourth-order valence-corrected chi connectivity index (χ4v) is 4.04. The Morgan fingerprint density at radius 1 is 1.14 bits per heavy atom. The molecule has 0 spiro atoms. The van der Waals surface area contributed by atoms with Crippen LogP contribution in [0.1, 0.15) is 30.5 Å². The average Bonchev–Trinajstić information content (AvgIpc) is 3.12. The number of thioether (sulfide) groups is 1. The van der Waals surface area contributed by atoms with Gasteiger partial charge >= 0.3 is 0 Å². The number of aliphatic imine (C=N–C) groups is 1. The van der Waals surface area contributed by atoms with Crippen molar-refractivity contribution in [2.75, 3.05) is 22.5 Å². The molecule has 0 unspecified atom stereocenters. The summed E-state index contributed by atoms with van der Waals surface area (Å²) in [4.78, 5) is 30.5. The second-order valence-corrected chi connectivity index (χ2v) is 7.65. The summed E-state index contributed by atoms with van der Waals surface area (Å²) in [6.45, 7) is 6.27. The zero-order valence-corrected chi connectivity index (χ0v) is 17.3. The van der Waals surface area contributed by atoms with Gasteiger partial charge in [0, 0.05) is 11.4 Å². The number of amidine groups is 1. The number of aryl methyl sites for hydroxylation is 3. The summed E-state index contributed by atoms with van der Waals surface area (Å²) in [5.41, 5.74) is 5.09. The molecule has 1 aliphatic rings. The molecule has 5 nitrogen and oxygen atoms in total. The van der Waals surface area contributed by atoms with Crippen molar-refractivity contribution in [2.24, 2.45) is 4.99 Å². The van der Waals surface area contributed by atoms with E-state index in [4.69, 9.17) is 0 Å². The van der Waals surface area contributed by atoms with Crippen LogP contribution in [-0.2, 0) is 22.4 Å². The number of carbonyl (C=O) groups excluding carboxylic acids is 2. The van der Waals surface area contributed by atoms with Crippen LogP contribution >= 0.6 is 11.8 Å². The van der Waals surface area contributed by atoms with Crippen LogP contribution in [0.4, 0.5) is 11.4 Å². The molecule has 1 aliphatic heterocycles. The maximum Gasteiger partial charge on any atom is 0.258 e. The van der Waals surface area contributed by atoms with Crippen molar-refractivity contribution < 1.29 is 9.59 Å². The first-order valence-corrected chi connectivity index (χ1v) is 10.5. The van der Waals surface area contributed by atoms with Gasteiger partial charge in [-0.05, 0) is 48.6 Å². The Kier molecular flexibility index (Phi) is 6.52. The van der Waals surface area contributed by atoms with Crippen molar-refractivity contribution in [3.63, 3.8) is 0 Å². The molecule has 3 rings (SSSR count). The first kappa shape index (κ1) is 20.1. The molecule has 0 bridgehead atoms. The molecule has 2 aromatic rings. The fraction of sp³-hybridized carbons (Fsp3) is 0.318. The second kappa shape index (κ2) is 9.06. The van der Waals surface area contributed by atoms with Crippen LogP contribution in [0.15, 0.2) is 47.5 Å². The number of amides is 2. The van der Waals surface area contributed by atoms with E-state index in [1.54, 1.807) is 0 Å². The Labute approximate surface area is 170 Å². The predicted octanol–water partition coefficient (Wildman–Crippen LogP) is 4.19. The highest BCUT2D eigenvalue weighted by Gasteiger charge is 2.24. The van der Waals surface area contributed by atoms with E-state index in [9.17, 15) is 9.59 Å². The molecular weight excluding hydrogens is 370 g/mol. The first-order valence-electron chi connectivity index (χ1n) is 9.51. The summed E-state index contributed by atoms with van der Waals surface area (Å²) in [6.07, 6.45) is 1.70. The van der Waals surface area contributed by atoms with Crippen LogP contribution in [0.3, 0.4) is 0 Å². The third-order valence-corrected chi connectivity index (χ3v) is 5.62. The summed E-state index contributed by atoms with van der Waals surface area (Å²) in [5, 5.41) is 3.68. The molecule has 1 heterocycles. The monoisotopic (exact) mass is 395 g/mol. The van der Waals surface area contributed by atoms with Crippen molar-refractivity contribution in [1.29, 1.82) is 0 Å². The van der Waals surface area contributed by atoms with Gasteiger partial charge in [-0.1, -0.05) is 55.9 Å². The second-order valence-electron chi connectivity index (χ2n) is 6.71. The highest BCUT2D eigenvalue weighted by atomic mass is 32.2. The van der Waals surface area contributed by atoms with Gasteiger partial charge in [0.15, 0.2) is 5.17 Å². The lowest BCUT2D eigenvalue weighted by atomic mass is 10.0. The number of para-hydroxylation sites is 1. The first-order chi connectivity index (χ1) is 13.5. The topological polar surface area (TPSA) is 61.8 Å². The zero-order valence-electron chi connectivity index (χ0n) is 16.5. The van der Waals surface area contributed by atoms with Gasteiger partial charge in [-0.3, -0.25) is 9.59 Å². The number of hydrogen-bond acceptors (Lipinski definition) is 4. The lowest BCUT2D eigenvalue weighted by Crippen LogP contribution is -2.36. The minimum Gasteiger partial charge on any atom is -0.324 e. The molecule has 28 heavy (non-hydrogen) atoms. The molecule has 0 saturated carbocycles. The molecule has 6 heteroatoms. The Morgan fingerprint density at radius 3 is 2.39 bits per heavy atom. The van der Waals surface area contributed by atoms with Gasteiger partial charge in [0.2, 0.25) is 5.91 Å². The van der Waals surface area contributed by atoms with E-state index in [2.05, 4.69) is 24.2 Å².